The molecule has 104 valence electrons. The molecule has 0 bridgehead atoms. The first-order chi connectivity index (χ1) is 9.42. The summed E-state index contributed by atoms with van der Waals surface area (Å²) >= 11 is 4.22. The summed E-state index contributed by atoms with van der Waals surface area (Å²) in [5, 5.41) is 0.385. The number of nitrogens with zero attached hydrogens (tertiary/aromatic N) is 1. The van der Waals surface area contributed by atoms with E-state index >= 15 is 0 Å². The third-order valence-corrected chi connectivity index (χ3v) is 4.10. The number of esters is 1. The number of hydrogen-bond acceptors (Lipinski definition) is 5. The predicted octanol–water partition coefficient (Wildman–Crippen LogP) is 3.70. The van der Waals surface area contributed by atoms with Gasteiger partial charge in [-0.15, -0.1) is 11.3 Å². The zero-order chi connectivity index (χ0) is 14.9. The number of Topliss-reactive ketones (excluding diaryl/α,β-unsaturated/α-hetero) is 1. The molecule has 0 saturated carbocycles. The molecule has 1 aromatic heterocycles. The molecule has 0 aliphatic heterocycles. The van der Waals surface area contributed by atoms with Crippen LogP contribution in [0.5, 0.6) is 0 Å². The molecule has 0 unspecified atom stereocenters. The Morgan fingerprint density at radius 1 is 1.35 bits per heavy atom. The first-order valence-electron chi connectivity index (χ1n) is 5.49. The molecule has 0 aliphatic rings. The number of aromatic nitrogens is 1. The van der Waals surface area contributed by atoms with Gasteiger partial charge in [-0.3, -0.25) is 4.79 Å². The monoisotopic (exact) mass is 357 g/mol. The smallest absolute Gasteiger partial charge is 0.358 e. The third-order valence-electron chi connectivity index (χ3n) is 2.44. The second-order valence-electron chi connectivity index (χ2n) is 3.90. The molecule has 0 N–H and O–H groups in total. The summed E-state index contributed by atoms with van der Waals surface area (Å²) in [7, 11) is 1.21. The lowest BCUT2D eigenvalue weighted by Gasteiger charge is -1.98. The van der Waals surface area contributed by atoms with Gasteiger partial charge in [-0.05, 0) is 18.2 Å². The molecule has 2 aromatic rings. The highest BCUT2D eigenvalue weighted by molar-refractivity contribution is 9.10. The Bertz CT molecular complexity index is 679. The van der Waals surface area contributed by atoms with E-state index in [1.54, 1.807) is 6.07 Å². The van der Waals surface area contributed by atoms with Gasteiger partial charge < -0.3 is 4.74 Å². The molecule has 7 heteroatoms. The average molecular weight is 358 g/mol. The fraction of sp³-hybridized carbons (Fsp3) is 0.154. The first-order valence-corrected chi connectivity index (χ1v) is 7.10. The quantitative estimate of drug-likeness (QED) is 0.620. The van der Waals surface area contributed by atoms with E-state index in [9.17, 15) is 14.0 Å². The number of ether oxygens (including phenoxy) is 1. The maximum atomic E-state index is 13.4. The number of carbonyl (C=O) groups excluding carboxylic acids is 2. The van der Waals surface area contributed by atoms with Gasteiger partial charge in [-0.2, -0.15) is 0 Å². The first kappa shape index (κ1) is 14.8. The van der Waals surface area contributed by atoms with Gasteiger partial charge in [-0.25, -0.2) is 14.2 Å². The van der Waals surface area contributed by atoms with E-state index in [1.165, 1.54) is 26.2 Å². The van der Waals surface area contributed by atoms with Crippen molar-refractivity contribution < 1.29 is 18.7 Å². The molecular formula is C13H9BrFNO3S. The summed E-state index contributed by atoms with van der Waals surface area (Å²) in [5.74, 6) is -1.41. The number of rotatable bonds is 3. The van der Waals surface area contributed by atoms with Crippen molar-refractivity contribution in [3.63, 3.8) is 0 Å². The van der Waals surface area contributed by atoms with Gasteiger partial charge in [0.05, 0.1) is 7.11 Å². The number of methoxy groups -OCH3 is 1. The number of ketones is 1. The van der Waals surface area contributed by atoms with Gasteiger partial charge in [-0.1, -0.05) is 15.9 Å². The van der Waals surface area contributed by atoms with Crippen LogP contribution in [0.2, 0.25) is 0 Å². The minimum absolute atomic E-state index is 0.0413. The SMILES string of the molecule is COC(=O)c1nc(-c2cc(F)cc(Br)c2)sc1C(C)=O. The summed E-state index contributed by atoms with van der Waals surface area (Å²) in [4.78, 5) is 27.4. The number of thiazole rings is 1. The normalized spacial score (nSPS) is 10.4. The fourth-order valence-electron chi connectivity index (χ4n) is 1.59. The summed E-state index contributed by atoms with van der Waals surface area (Å²) in [6.07, 6.45) is 0. The van der Waals surface area contributed by atoms with Crippen molar-refractivity contribution in [2.24, 2.45) is 0 Å². The van der Waals surface area contributed by atoms with Crippen molar-refractivity contribution in [2.75, 3.05) is 7.11 Å². The number of benzene rings is 1. The number of hydrogen-bond donors (Lipinski definition) is 0. The van der Waals surface area contributed by atoms with Crippen molar-refractivity contribution in [3.05, 3.63) is 39.1 Å². The molecule has 0 spiro atoms. The number of carbonyl (C=O) groups is 2. The third kappa shape index (κ3) is 2.94. The lowest BCUT2D eigenvalue weighted by Crippen LogP contribution is -2.06. The molecule has 2 rings (SSSR count). The van der Waals surface area contributed by atoms with Gasteiger partial charge in [0, 0.05) is 17.0 Å². The van der Waals surface area contributed by atoms with Crippen molar-refractivity contribution in [1.82, 2.24) is 4.98 Å². The minimum atomic E-state index is -0.687. The maximum Gasteiger partial charge on any atom is 0.358 e. The van der Waals surface area contributed by atoms with Crippen LogP contribution in [0.15, 0.2) is 22.7 Å². The van der Waals surface area contributed by atoms with E-state index in [-0.39, 0.29) is 16.4 Å². The fourth-order valence-corrected chi connectivity index (χ4v) is 3.00. The van der Waals surface area contributed by atoms with Crippen LogP contribution in [0.1, 0.15) is 27.1 Å². The Balaban J connectivity index is 2.58. The Morgan fingerprint density at radius 2 is 2.05 bits per heavy atom. The van der Waals surface area contributed by atoms with Crippen molar-refractivity contribution in [1.29, 1.82) is 0 Å². The molecule has 1 aromatic carbocycles. The van der Waals surface area contributed by atoms with Crippen LogP contribution in [0.3, 0.4) is 0 Å². The largest absolute Gasteiger partial charge is 0.464 e. The van der Waals surface area contributed by atoms with E-state index in [1.807, 2.05) is 0 Å². The molecular weight excluding hydrogens is 349 g/mol. The van der Waals surface area contributed by atoms with Crippen LogP contribution >= 0.6 is 27.3 Å². The van der Waals surface area contributed by atoms with E-state index in [0.29, 0.717) is 15.0 Å². The standard InChI is InChI=1S/C13H9BrFNO3S/c1-6(17)11-10(13(18)19-2)16-12(20-11)7-3-8(14)5-9(15)4-7/h3-5H,1-2H3. The van der Waals surface area contributed by atoms with Crippen molar-refractivity contribution in [3.8, 4) is 10.6 Å². The number of halogens is 2. The molecule has 0 atom stereocenters. The summed E-state index contributed by atoms with van der Waals surface area (Å²) in [5.41, 5.74) is 0.444. The lowest BCUT2D eigenvalue weighted by atomic mass is 10.2. The van der Waals surface area contributed by atoms with E-state index in [4.69, 9.17) is 0 Å². The topological polar surface area (TPSA) is 56.3 Å². The molecule has 0 radical (unpaired) electrons. The Labute approximate surface area is 126 Å². The average Bonchev–Trinajstić information content (AvgIpc) is 2.81. The molecule has 0 aliphatic carbocycles. The van der Waals surface area contributed by atoms with Crippen LogP contribution in [-0.2, 0) is 4.74 Å². The maximum absolute atomic E-state index is 13.4. The molecule has 0 amide bonds. The van der Waals surface area contributed by atoms with Crippen molar-refractivity contribution in [2.45, 2.75) is 6.92 Å². The van der Waals surface area contributed by atoms with Crippen LogP contribution in [0, 0.1) is 5.82 Å². The highest BCUT2D eigenvalue weighted by atomic mass is 79.9. The summed E-state index contributed by atoms with van der Waals surface area (Å²) < 4.78 is 18.5. The Morgan fingerprint density at radius 3 is 2.60 bits per heavy atom. The van der Waals surface area contributed by atoms with Gasteiger partial charge in [0.15, 0.2) is 11.5 Å². The van der Waals surface area contributed by atoms with Gasteiger partial charge >= 0.3 is 5.97 Å². The Kier molecular flexibility index (Phi) is 4.29. The lowest BCUT2D eigenvalue weighted by molar-refractivity contribution is 0.0591. The van der Waals surface area contributed by atoms with Crippen LogP contribution in [0.4, 0.5) is 4.39 Å². The summed E-state index contributed by atoms with van der Waals surface area (Å²) in [6.45, 7) is 1.34. The molecule has 20 heavy (non-hydrogen) atoms. The van der Waals surface area contributed by atoms with Crippen LogP contribution in [-0.4, -0.2) is 23.8 Å². The second kappa shape index (κ2) is 5.80. The predicted molar refractivity (Wildman–Crippen MR) is 76.6 cm³/mol. The van der Waals surface area contributed by atoms with Crippen molar-refractivity contribution >= 4 is 39.0 Å². The van der Waals surface area contributed by atoms with Crippen LogP contribution < -0.4 is 0 Å². The highest BCUT2D eigenvalue weighted by Gasteiger charge is 2.22. The van der Waals surface area contributed by atoms with Gasteiger partial charge in [0.2, 0.25) is 0 Å². The van der Waals surface area contributed by atoms with Crippen LogP contribution in [0.25, 0.3) is 10.6 Å². The zero-order valence-corrected chi connectivity index (χ0v) is 13.0. The molecule has 0 fully saturated rings. The molecule has 0 saturated heterocycles. The van der Waals surface area contributed by atoms with Gasteiger partial charge in [0.1, 0.15) is 15.7 Å². The highest BCUT2D eigenvalue weighted by Crippen LogP contribution is 2.31. The van der Waals surface area contributed by atoms with Gasteiger partial charge in [0.25, 0.3) is 0 Å². The second-order valence-corrected chi connectivity index (χ2v) is 5.82. The summed E-state index contributed by atoms with van der Waals surface area (Å²) in [6, 6.07) is 4.26. The molecule has 4 nitrogen and oxygen atoms in total. The Hall–Kier alpha value is -1.60. The van der Waals surface area contributed by atoms with E-state index < -0.39 is 11.8 Å². The van der Waals surface area contributed by atoms with E-state index in [0.717, 1.165) is 11.3 Å². The van der Waals surface area contributed by atoms with E-state index in [2.05, 4.69) is 25.7 Å². The molecule has 1 heterocycles. The minimum Gasteiger partial charge on any atom is -0.464 e. The zero-order valence-electron chi connectivity index (χ0n) is 10.6.